The second kappa shape index (κ2) is 10.7. The van der Waals surface area contributed by atoms with Gasteiger partial charge in [-0.15, -0.1) is 10.2 Å². The molecule has 4 rings (SSSR count). The van der Waals surface area contributed by atoms with Gasteiger partial charge in [-0.25, -0.2) is 0 Å². The van der Waals surface area contributed by atoms with E-state index in [1.54, 1.807) is 0 Å². The van der Waals surface area contributed by atoms with E-state index in [-0.39, 0.29) is 11.7 Å². The minimum Gasteiger partial charge on any atom is -0.494 e. The minimum atomic E-state index is -0.104. The molecule has 0 radical (unpaired) electrons. The van der Waals surface area contributed by atoms with Gasteiger partial charge in [0.1, 0.15) is 5.75 Å². The highest BCUT2D eigenvalue weighted by Crippen LogP contribution is 2.29. The van der Waals surface area contributed by atoms with Gasteiger partial charge in [0.15, 0.2) is 11.0 Å². The molecule has 1 N–H and O–H groups in total. The van der Waals surface area contributed by atoms with Gasteiger partial charge in [0.05, 0.1) is 12.4 Å². The van der Waals surface area contributed by atoms with Crippen LogP contribution >= 0.6 is 27.7 Å². The fourth-order valence-corrected chi connectivity index (χ4v) is 4.54. The highest BCUT2D eigenvalue weighted by Gasteiger charge is 2.17. The Hall–Kier alpha value is -3.10. The normalized spacial score (nSPS) is 10.8. The first-order chi connectivity index (χ1) is 16.0. The van der Waals surface area contributed by atoms with E-state index in [0.29, 0.717) is 17.6 Å². The van der Waals surface area contributed by atoms with E-state index < -0.39 is 0 Å². The summed E-state index contributed by atoms with van der Waals surface area (Å²) in [6, 6.07) is 23.4. The van der Waals surface area contributed by atoms with E-state index >= 15 is 0 Å². The molecule has 0 spiro atoms. The van der Waals surface area contributed by atoms with Gasteiger partial charge < -0.3 is 10.1 Å². The molecule has 1 aromatic heterocycles. The van der Waals surface area contributed by atoms with Crippen molar-refractivity contribution in [2.75, 3.05) is 17.7 Å². The number of carbonyl (C=O) groups excluding carboxylic acids is 1. The number of thioether (sulfide) groups is 1. The van der Waals surface area contributed by atoms with Crippen molar-refractivity contribution in [3.05, 3.63) is 82.8 Å². The Bertz CT molecular complexity index is 1240. The lowest BCUT2D eigenvalue weighted by Crippen LogP contribution is -2.15. The summed E-state index contributed by atoms with van der Waals surface area (Å²) in [5.74, 6) is 1.62. The van der Waals surface area contributed by atoms with Crippen LogP contribution in [0.4, 0.5) is 5.69 Å². The van der Waals surface area contributed by atoms with E-state index in [0.717, 1.165) is 32.7 Å². The van der Waals surface area contributed by atoms with E-state index in [2.05, 4.69) is 31.4 Å². The molecule has 0 aliphatic heterocycles. The first kappa shape index (κ1) is 23.1. The summed E-state index contributed by atoms with van der Waals surface area (Å²) < 4.78 is 8.52. The number of anilines is 1. The SMILES string of the molecule is CCOc1ccc(-n2c(SCC(=O)Nc3ccc(Br)cc3C)nnc2-c2ccccc2)cc1. The van der Waals surface area contributed by atoms with E-state index in [1.165, 1.54) is 11.8 Å². The van der Waals surface area contributed by atoms with Crippen molar-refractivity contribution < 1.29 is 9.53 Å². The molecule has 4 aromatic rings. The number of carbonyl (C=O) groups is 1. The van der Waals surface area contributed by atoms with Crippen LogP contribution in [0.5, 0.6) is 5.75 Å². The van der Waals surface area contributed by atoms with E-state index in [1.807, 2.05) is 91.2 Å². The number of nitrogens with zero attached hydrogens (tertiary/aromatic N) is 3. The molecule has 33 heavy (non-hydrogen) atoms. The fourth-order valence-electron chi connectivity index (χ4n) is 3.31. The first-order valence-electron chi connectivity index (χ1n) is 10.5. The third kappa shape index (κ3) is 5.64. The number of halogens is 1. The maximum atomic E-state index is 12.6. The van der Waals surface area contributed by atoms with Crippen LogP contribution in [-0.2, 0) is 4.79 Å². The summed E-state index contributed by atoms with van der Waals surface area (Å²) in [6.45, 7) is 4.52. The maximum Gasteiger partial charge on any atom is 0.234 e. The van der Waals surface area contributed by atoms with Gasteiger partial charge in [-0.1, -0.05) is 58.0 Å². The molecule has 0 saturated carbocycles. The summed E-state index contributed by atoms with van der Waals surface area (Å²) in [7, 11) is 0. The summed E-state index contributed by atoms with van der Waals surface area (Å²) in [4.78, 5) is 12.6. The third-order valence-corrected chi connectivity index (χ3v) is 6.29. The molecule has 1 amide bonds. The number of benzene rings is 3. The lowest BCUT2D eigenvalue weighted by Gasteiger charge is -2.12. The van der Waals surface area contributed by atoms with Gasteiger partial charge in [-0.3, -0.25) is 9.36 Å². The van der Waals surface area contributed by atoms with Gasteiger partial charge in [0, 0.05) is 21.4 Å². The molecular weight excluding hydrogens is 500 g/mol. The van der Waals surface area contributed by atoms with Crippen LogP contribution in [-0.4, -0.2) is 33.0 Å². The standard InChI is InChI=1S/C25H23BrN4O2S/c1-3-32-21-12-10-20(11-13-21)30-24(18-7-5-4-6-8-18)28-29-25(30)33-16-23(31)27-22-14-9-19(26)15-17(22)2/h4-15H,3,16H2,1-2H3,(H,27,31). The molecular formula is C25H23BrN4O2S. The predicted octanol–water partition coefficient (Wildman–Crippen LogP) is 6.13. The summed E-state index contributed by atoms with van der Waals surface area (Å²) in [5, 5.41) is 12.4. The zero-order valence-electron chi connectivity index (χ0n) is 18.3. The zero-order chi connectivity index (χ0) is 23.2. The minimum absolute atomic E-state index is 0.104. The Morgan fingerprint density at radius 2 is 1.82 bits per heavy atom. The van der Waals surface area contributed by atoms with Crippen LogP contribution in [0.3, 0.4) is 0 Å². The molecule has 8 heteroatoms. The van der Waals surface area contributed by atoms with Crippen molar-refractivity contribution in [3.63, 3.8) is 0 Å². The van der Waals surface area contributed by atoms with E-state index in [9.17, 15) is 4.79 Å². The molecule has 0 saturated heterocycles. The fraction of sp³-hybridized carbons (Fsp3) is 0.160. The van der Waals surface area contributed by atoms with Crippen molar-refractivity contribution >= 4 is 39.3 Å². The largest absolute Gasteiger partial charge is 0.494 e. The van der Waals surface area contributed by atoms with Crippen molar-refractivity contribution in [1.29, 1.82) is 0 Å². The number of hydrogen-bond donors (Lipinski definition) is 1. The van der Waals surface area contributed by atoms with Crippen molar-refractivity contribution in [1.82, 2.24) is 14.8 Å². The number of hydrogen-bond acceptors (Lipinski definition) is 5. The summed E-state index contributed by atoms with van der Waals surface area (Å²) in [6.07, 6.45) is 0. The highest BCUT2D eigenvalue weighted by molar-refractivity contribution is 9.10. The number of ether oxygens (including phenoxy) is 1. The predicted molar refractivity (Wildman–Crippen MR) is 136 cm³/mol. The number of rotatable bonds is 8. The van der Waals surface area contributed by atoms with Crippen LogP contribution in [0, 0.1) is 6.92 Å². The van der Waals surface area contributed by atoms with Gasteiger partial charge in [-0.2, -0.15) is 0 Å². The van der Waals surface area contributed by atoms with Crippen LogP contribution in [0.2, 0.25) is 0 Å². The van der Waals surface area contributed by atoms with Crippen molar-refractivity contribution in [2.24, 2.45) is 0 Å². The Morgan fingerprint density at radius 1 is 1.06 bits per heavy atom. The highest BCUT2D eigenvalue weighted by atomic mass is 79.9. The van der Waals surface area contributed by atoms with Gasteiger partial charge in [-0.05, 0) is 61.9 Å². The van der Waals surface area contributed by atoms with Gasteiger partial charge in [0.25, 0.3) is 0 Å². The number of nitrogens with one attached hydrogen (secondary N) is 1. The number of amides is 1. The molecule has 0 aliphatic carbocycles. The molecule has 0 bridgehead atoms. The molecule has 168 valence electrons. The monoisotopic (exact) mass is 522 g/mol. The first-order valence-corrected chi connectivity index (χ1v) is 12.3. The van der Waals surface area contributed by atoms with Gasteiger partial charge in [0.2, 0.25) is 5.91 Å². The number of aryl methyl sites for hydroxylation is 1. The second-order valence-corrected chi connectivity index (χ2v) is 9.09. The van der Waals surface area contributed by atoms with Crippen molar-refractivity contribution in [3.8, 4) is 22.8 Å². The topological polar surface area (TPSA) is 69.0 Å². The Labute approximate surface area is 205 Å². The molecule has 3 aromatic carbocycles. The molecule has 0 unspecified atom stereocenters. The van der Waals surface area contributed by atoms with Crippen LogP contribution in [0.15, 0.2) is 82.4 Å². The lowest BCUT2D eigenvalue weighted by atomic mass is 10.2. The molecule has 0 fully saturated rings. The smallest absolute Gasteiger partial charge is 0.234 e. The van der Waals surface area contributed by atoms with Gasteiger partial charge >= 0.3 is 0 Å². The lowest BCUT2D eigenvalue weighted by molar-refractivity contribution is -0.113. The second-order valence-electron chi connectivity index (χ2n) is 7.23. The van der Waals surface area contributed by atoms with Crippen LogP contribution < -0.4 is 10.1 Å². The molecule has 0 atom stereocenters. The summed E-state index contributed by atoms with van der Waals surface area (Å²) in [5.41, 5.74) is 3.63. The quantitative estimate of drug-likeness (QED) is 0.281. The average molecular weight is 523 g/mol. The Morgan fingerprint density at radius 3 is 2.52 bits per heavy atom. The molecule has 6 nitrogen and oxygen atoms in total. The Balaban J connectivity index is 1.58. The van der Waals surface area contributed by atoms with E-state index in [4.69, 9.17) is 4.74 Å². The third-order valence-electron chi connectivity index (χ3n) is 4.87. The molecule has 0 aliphatic rings. The van der Waals surface area contributed by atoms with Crippen LogP contribution in [0.25, 0.3) is 17.1 Å². The summed E-state index contributed by atoms with van der Waals surface area (Å²) >= 11 is 4.79. The number of aromatic nitrogens is 3. The van der Waals surface area contributed by atoms with Crippen molar-refractivity contribution in [2.45, 2.75) is 19.0 Å². The maximum absolute atomic E-state index is 12.6. The molecule has 1 heterocycles. The van der Waals surface area contributed by atoms with Crippen LogP contribution in [0.1, 0.15) is 12.5 Å². The Kier molecular flexibility index (Phi) is 7.47. The zero-order valence-corrected chi connectivity index (χ0v) is 20.7. The average Bonchev–Trinajstić information content (AvgIpc) is 3.25.